The van der Waals surface area contributed by atoms with Gasteiger partial charge in [0.05, 0.1) is 6.10 Å². The van der Waals surface area contributed by atoms with Crippen molar-refractivity contribution in [2.75, 3.05) is 5.73 Å². The maximum Gasteiger partial charge on any atom is 0.351 e. The Balaban J connectivity index is 2.42. The molecule has 0 bridgehead atoms. The molecule has 1 aliphatic heterocycles. The molecule has 0 aromatic carbocycles. The maximum atomic E-state index is 11.7. The highest BCUT2D eigenvalue weighted by Gasteiger charge is 2.52. The van der Waals surface area contributed by atoms with Gasteiger partial charge in [0.1, 0.15) is 17.5 Å². The highest BCUT2D eigenvalue weighted by molar-refractivity contribution is 5.23. The SMILES string of the molecule is CC[C@H]1OC(n2ccc(N)nc2=O)[C@@](C)(O)[C@H]1O. The lowest BCUT2D eigenvalue weighted by atomic mass is 9.95. The highest BCUT2D eigenvalue weighted by Crippen LogP contribution is 2.38. The summed E-state index contributed by atoms with van der Waals surface area (Å²) in [5, 5.41) is 20.2. The smallest absolute Gasteiger partial charge is 0.351 e. The van der Waals surface area contributed by atoms with Crippen molar-refractivity contribution in [1.82, 2.24) is 9.55 Å². The van der Waals surface area contributed by atoms with Gasteiger partial charge in [0, 0.05) is 6.20 Å². The Morgan fingerprint density at radius 1 is 1.67 bits per heavy atom. The van der Waals surface area contributed by atoms with Crippen molar-refractivity contribution in [3.8, 4) is 0 Å². The van der Waals surface area contributed by atoms with E-state index in [0.29, 0.717) is 6.42 Å². The second kappa shape index (κ2) is 4.34. The molecule has 1 unspecified atom stereocenters. The van der Waals surface area contributed by atoms with Gasteiger partial charge >= 0.3 is 5.69 Å². The number of aliphatic hydroxyl groups is 2. The molecule has 0 aliphatic carbocycles. The zero-order valence-corrected chi connectivity index (χ0v) is 10.3. The van der Waals surface area contributed by atoms with Crippen molar-refractivity contribution in [1.29, 1.82) is 0 Å². The molecule has 18 heavy (non-hydrogen) atoms. The molecule has 2 heterocycles. The number of hydrogen-bond acceptors (Lipinski definition) is 6. The monoisotopic (exact) mass is 255 g/mol. The fraction of sp³-hybridized carbons (Fsp3) is 0.636. The van der Waals surface area contributed by atoms with Crippen LogP contribution in [0.4, 0.5) is 5.82 Å². The first kappa shape index (κ1) is 13.0. The average molecular weight is 255 g/mol. The Kier molecular flexibility index (Phi) is 3.14. The summed E-state index contributed by atoms with van der Waals surface area (Å²) in [6.07, 6.45) is -0.621. The molecule has 1 fully saturated rings. The van der Waals surface area contributed by atoms with E-state index < -0.39 is 29.7 Å². The molecule has 0 spiro atoms. The van der Waals surface area contributed by atoms with Crippen LogP contribution in [0.2, 0.25) is 0 Å². The molecular weight excluding hydrogens is 238 g/mol. The number of aliphatic hydroxyl groups excluding tert-OH is 1. The minimum atomic E-state index is -1.55. The summed E-state index contributed by atoms with van der Waals surface area (Å²) in [5.41, 5.74) is 3.22. The molecule has 0 amide bonds. The van der Waals surface area contributed by atoms with Gasteiger partial charge in [0.15, 0.2) is 6.23 Å². The fourth-order valence-corrected chi connectivity index (χ4v) is 2.17. The summed E-state index contributed by atoms with van der Waals surface area (Å²) in [4.78, 5) is 15.3. The van der Waals surface area contributed by atoms with Crippen molar-refractivity contribution in [3.63, 3.8) is 0 Å². The lowest BCUT2D eigenvalue weighted by Crippen LogP contribution is -2.45. The predicted molar refractivity (Wildman–Crippen MR) is 63.7 cm³/mol. The van der Waals surface area contributed by atoms with E-state index in [-0.39, 0.29) is 5.82 Å². The largest absolute Gasteiger partial charge is 0.387 e. The number of hydrogen-bond donors (Lipinski definition) is 3. The van der Waals surface area contributed by atoms with Crippen LogP contribution in [0.1, 0.15) is 26.5 Å². The molecule has 1 aromatic rings. The Morgan fingerprint density at radius 2 is 2.33 bits per heavy atom. The zero-order valence-electron chi connectivity index (χ0n) is 10.3. The minimum absolute atomic E-state index is 0.0986. The first-order chi connectivity index (χ1) is 8.37. The molecule has 0 radical (unpaired) electrons. The lowest BCUT2D eigenvalue weighted by Gasteiger charge is -2.27. The van der Waals surface area contributed by atoms with Crippen molar-refractivity contribution in [2.24, 2.45) is 0 Å². The summed E-state index contributed by atoms with van der Waals surface area (Å²) < 4.78 is 6.66. The van der Waals surface area contributed by atoms with Gasteiger partial charge in [-0.05, 0) is 19.4 Å². The molecule has 1 saturated heterocycles. The Hall–Kier alpha value is -1.44. The average Bonchev–Trinajstić information content (AvgIpc) is 2.52. The van der Waals surface area contributed by atoms with Crippen LogP contribution in [0, 0.1) is 0 Å². The van der Waals surface area contributed by atoms with Crippen LogP contribution in [-0.4, -0.2) is 37.6 Å². The van der Waals surface area contributed by atoms with Gasteiger partial charge in [-0.15, -0.1) is 0 Å². The zero-order chi connectivity index (χ0) is 13.5. The van der Waals surface area contributed by atoms with Gasteiger partial charge in [-0.2, -0.15) is 4.98 Å². The molecule has 7 heteroatoms. The summed E-state index contributed by atoms with van der Waals surface area (Å²) in [7, 11) is 0. The van der Waals surface area contributed by atoms with Gasteiger partial charge in [-0.3, -0.25) is 4.57 Å². The number of nitrogens with two attached hydrogens (primary N) is 1. The molecule has 2 rings (SSSR count). The van der Waals surface area contributed by atoms with E-state index >= 15 is 0 Å². The van der Waals surface area contributed by atoms with Crippen molar-refractivity contribution in [3.05, 3.63) is 22.7 Å². The van der Waals surface area contributed by atoms with E-state index in [4.69, 9.17) is 10.5 Å². The van der Waals surface area contributed by atoms with E-state index in [1.807, 2.05) is 6.92 Å². The fourth-order valence-electron chi connectivity index (χ4n) is 2.17. The van der Waals surface area contributed by atoms with Crippen molar-refractivity contribution < 1.29 is 14.9 Å². The van der Waals surface area contributed by atoms with Gasteiger partial charge in [0.2, 0.25) is 0 Å². The highest BCUT2D eigenvalue weighted by atomic mass is 16.6. The number of nitrogens with zero attached hydrogens (tertiary/aromatic N) is 2. The summed E-state index contributed by atoms with van der Waals surface area (Å²) >= 11 is 0. The third-order valence-electron chi connectivity index (χ3n) is 3.26. The third-order valence-corrected chi connectivity index (χ3v) is 3.26. The third kappa shape index (κ3) is 1.90. The summed E-state index contributed by atoms with van der Waals surface area (Å²) in [6.45, 7) is 3.26. The Labute approximate surface area is 104 Å². The van der Waals surface area contributed by atoms with E-state index in [9.17, 15) is 15.0 Å². The van der Waals surface area contributed by atoms with Gasteiger partial charge in [0.25, 0.3) is 0 Å². The maximum absolute atomic E-state index is 11.7. The predicted octanol–water partition coefficient (Wildman–Crippen LogP) is -0.755. The van der Waals surface area contributed by atoms with Crippen molar-refractivity contribution >= 4 is 5.82 Å². The number of aromatic nitrogens is 2. The van der Waals surface area contributed by atoms with Crippen LogP contribution in [-0.2, 0) is 4.74 Å². The Morgan fingerprint density at radius 3 is 2.83 bits per heavy atom. The Bertz CT molecular complexity index is 499. The molecule has 4 atom stereocenters. The molecule has 0 saturated carbocycles. The number of ether oxygens (including phenoxy) is 1. The van der Waals surface area contributed by atoms with E-state index in [1.165, 1.54) is 19.2 Å². The number of rotatable bonds is 2. The first-order valence-corrected chi connectivity index (χ1v) is 5.78. The van der Waals surface area contributed by atoms with Crippen LogP contribution in [0.3, 0.4) is 0 Å². The molecule has 7 nitrogen and oxygen atoms in total. The van der Waals surface area contributed by atoms with Crippen LogP contribution < -0.4 is 11.4 Å². The lowest BCUT2D eigenvalue weighted by molar-refractivity contribution is -0.0975. The van der Waals surface area contributed by atoms with Crippen LogP contribution >= 0.6 is 0 Å². The molecule has 1 aromatic heterocycles. The summed E-state index contributed by atoms with van der Waals surface area (Å²) in [5.74, 6) is 0.0986. The number of nitrogen functional groups attached to an aromatic ring is 1. The van der Waals surface area contributed by atoms with Crippen LogP contribution in [0.25, 0.3) is 0 Å². The van der Waals surface area contributed by atoms with E-state index in [0.717, 1.165) is 4.57 Å². The normalized spacial score (nSPS) is 35.9. The van der Waals surface area contributed by atoms with Gasteiger partial charge < -0.3 is 20.7 Å². The molecule has 1 aliphatic rings. The molecule has 100 valence electrons. The van der Waals surface area contributed by atoms with Crippen LogP contribution in [0.15, 0.2) is 17.1 Å². The van der Waals surface area contributed by atoms with E-state index in [2.05, 4.69) is 4.98 Å². The van der Waals surface area contributed by atoms with E-state index in [1.54, 1.807) is 0 Å². The van der Waals surface area contributed by atoms with Crippen LogP contribution in [0.5, 0.6) is 0 Å². The number of anilines is 1. The topological polar surface area (TPSA) is 111 Å². The van der Waals surface area contributed by atoms with Gasteiger partial charge in [-0.25, -0.2) is 4.79 Å². The minimum Gasteiger partial charge on any atom is -0.387 e. The summed E-state index contributed by atoms with van der Waals surface area (Å²) in [6, 6.07) is 1.44. The second-order valence-electron chi connectivity index (χ2n) is 4.65. The quantitative estimate of drug-likeness (QED) is 0.641. The second-order valence-corrected chi connectivity index (χ2v) is 4.65. The standard InChI is InChI=1S/C11H17N3O4/c1-3-6-8(15)11(2,17)9(18-6)14-5-4-7(12)13-10(14)16/h4-6,8-9,15,17H,3H2,1-2H3,(H2,12,13,16)/t6-,8+,9?,11+/m1/s1. The first-order valence-electron chi connectivity index (χ1n) is 5.78. The van der Waals surface area contributed by atoms with Gasteiger partial charge in [-0.1, -0.05) is 6.92 Å². The molecule has 4 N–H and O–H groups in total. The molecular formula is C11H17N3O4. The van der Waals surface area contributed by atoms with Crippen molar-refractivity contribution in [2.45, 2.75) is 44.3 Å².